The zero-order chi connectivity index (χ0) is 6.10. The fraction of sp³-hybridized carbons (Fsp3) is 0.429. The van der Waals surface area contributed by atoms with Crippen molar-refractivity contribution in [2.24, 2.45) is 5.92 Å². The molecular weight excluding hydrogens is 177 g/mol. The van der Waals surface area contributed by atoms with Crippen molar-refractivity contribution >= 4 is 15.2 Å². The maximum absolute atomic E-state index is 3.42. The van der Waals surface area contributed by atoms with Crippen molar-refractivity contribution in [2.45, 2.75) is 6.42 Å². The van der Waals surface area contributed by atoms with Gasteiger partial charge in [-0.2, -0.15) is 0 Å². The molecule has 2 rings (SSSR count). The molecule has 1 unspecified atom stereocenters. The zero-order valence-corrected chi connectivity index (χ0v) is 6.84. The third-order valence-corrected chi connectivity index (χ3v) is 3.87. The minimum absolute atomic E-state index is 0.620. The molecule has 2 heteroatoms. The van der Waals surface area contributed by atoms with Gasteiger partial charge in [0, 0.05) is 0 Å². The van der Waals surface area contributed by atoms with E-state index in [0.29, 0.717) is 15.2 Å². The first kappa shape index (κ1) is 5.72. The van der Waals surface area contributed by atoms with Crippen LogP contribution in [0.3, 0.4) is 0 Å². The van der Waals surface area contributed by atoms with Crippen LogP contribution >= 0.6 is 0 Å². The third kappa shape index (κ3) is 0.983. The molecule has 1 heterocycles. The number of nitrogens with one attached hydrogen (secondary N) is 1. The van der Waals surface area contributed by atoms with Crippen molar-refractivity contribution in [1.29, 1.82) is 0 Å². The first-order valence-corrected chi connectivity index (χ1v) is 4.94. The van der Waals surface area contributed by atoms with E-state index in [1.165, 1.54) is 13.0 Å². The van der Waals surface area contributed by atoms with Gasteiger partial charge in [-0.05, 0) is 0 Å². The molecule has 0 amide bonds. The van der Waals surface area contributed by atoms with Gasteiger partial charge in [-0.3, -0.25) is 0 Å². The second-order valence-corrected chi connectivity index (χ2v) is 4.40. The van der Waals surface area contributed by atoms with Gasteiger partial charge in [0.05, 0.1) is 0 Å². The van der Waals surface area contributed by atoms with E-state index in [1.54, 1.807) is 4.47 Å². The Balaban J connectivity index is 2.23. The molecular formula is C7H9NSe. The van der Waals surface area contributed by atoms with Crippen molar-refractivity contribution in [3.05, 3.63) is 22.7 Å². The van der Waals surface area contributed by atoms with Gasteiger partial charge in [-0.15, -0.1) is 0 Å². The number of rotatable bonds is 0. The summed E-state index contributed by atoms with van der Waals surface area (Å²) < 4.78 is 5.08. The number of fused-ring (bicyclic) bond motifs is 1. The van der Waals surface area contributed by atoms with Gasteiger partial charge in [-0.1, -0.05) is 0 Å². The van der Waals surface area contributed by atoms with Crippen molar-refractivity contribution < 1.29 is 0 Å². The second-order valence-electron chi connectivity index (χ2n) is 2.38. The van der Waals surface area contributed by atoms with Crippen molar-refractivity contribution in [1.82, 2.24) is 4.33 Å². The molecule has 1 saturated heterocycles. The van der Waals surface area contributed by atoms with Gasteiger partial charge >= 0.3 is 61.1 Å². The van der Waals surface area contributed by atoms with E-state index < -0.39 is 0 Å². The Labute approximate surface area is 61.6 Å². The number of allylic oxidation sites excluding steroid dienone is 3. The van der Waals surface area contributed by atoms with Gasteiger partial charge < -0.3 is 0 Å². The van der Waals surface area contributed by atoms with Crippen LogP contribution in [0.25, 0.3) is 0 Å². The Bertz CT molecular complexity index is 172. The molecule has 0 bridgehead atoms. The maximum atomic E-state index is 3.42. The van der Waals surface area contributed by atoms with Crippen LogP contribution in [0.1, 0.15) is 6.42 Å². The van der Waals surface area contributed by atoms with E-state index in [4.69, 9.17) is 0 Å². The first-order valence-electron chi connectivity index (χ1n) is 3.23. The van der Waals surface area contributed by atoms with Crippen LogP contribution in [0.4, 0.5) is 0 Å². The van der Waals surface area contributed by atoms with Crippen molar-refractivity contribution in [3.8, 4) is 0 Å². The summed E-state index contributed by atoms with van der Waals surface area (Å²) in [5, 5.41) is 0. The van der Waals surface area contributed by atoms with Crippen LogP contribution in [0.2, 0.25) is 0 Å². The third-order valence-electron chi connectivity index (χ3n) is 1.74. The predicted molar refractivity (Wildman–Crippen MR) is 39.1 cm³/mol. The van der Waals surface area contributed by atoms with Gasteiger partial charge in [0.1, 0.15) is 0 Å². The van der Waals surface area contributed by atoms with E-state index in [2.05, 4.69) is 22.6 Å². The molecule has 2 aliphatic rings. The molecule has 9 heavy (non-hydrogen) atoms. The quantitative estimate of drug-likeness (QED) is 0.548. The summed E-state index contributed by atoms with van der Waals surface area (Å²) in [6.07, 6.45) is 7.98. The average Bonchev–Trinajstić information content (AvgIpc) is 2.33. The Morgan fingerprint density at radius 2 is 2.67 bits per heavy atom. The molecule has 0 aromatic rings. The molecule has 1 fully saturated rings. The molecule has 0 aromatic heterocycles. The summed E-state index contributed by atoms with van der Waals surface area (Å²) >= 11 is 0.620. The van der Waals surface area contributed by atoms with E-state index in [1.807, 2.05) is 0 Å². The standard InChI is InChI=1S/C7H9NSe/c1-2-4-7-6(3-1)5-8-9-7/h1-2,4,6,8H,3,5H2. The molecule has 1 aliphatic heterocycles. The molecule has 0 aromatic carbocycles. The van der Waals surface area contributed by atoms with Crippen LogP contribution < -0.4 is 4.33 Å². The summed E-state index contributed by atoms with van der Waals surface area (Å²) in [4.78, 5) is 0. The topological polar surface area (TPSA) is 12.0 Å². The monoisotopic (exact) mass is 187 g/mol. The van der Waals surface area contributed by atoms with Crippen LogP contribution in [0.15, 0.2) is 22.7 Å². The molecule has 1 atom stereocenters. The average molecular weight is 186 g/mol. The van der Waals surface area contributed by atoms with Crippen LogP contribution in [-0.2, 0) is 0 Å². The van der Waals surface area contributed by atoms with E-state index in [9.17, 15) is 0 Å². The fourth-order valence-electron chi connectivity index (χ4n) is 1.18. The molecule has 1 N–H and O–H groups in total. The first-order chi connectivity index (χ1) is 4.47. The summed E-state index contributed by atoms with van der Waals surface area (Å²) in [6.45, 7) is 1.22. The summed E-state index contributed by atoms with van der Waals surface area (Å²) in [5.41, 5.74) is 0. The minimum atomic E-state index is 0.620. The molecule has 48 valence electrons. The van der Waals surface area contributed by atoms with E-state index >= 15 is 0 Å². The SMILES string of the molecule is C1=CCC2CN[Se]C2=C1. The normalized spacial score (nSPS) is 32.0. The van der Waals surface area contributed by atoms with Gasteiger partial charge in [0.2, 0.25) is 0 Å². The number of hydrogen-bond acceptors (Lipinski definition) is 1. The fourth-order valence-corrected chi connectivity index (χ4v) is 3.17. The van der Waals surface area contributed by atoms with Crippen LogP contribution in [-0.4, -0.2) is 21.7 Å². The van der Waals surface area contributed by atoms with Crippen molar-refractivity contribution in [3.63, 3.8) is 0 Å². The van der Waals surface area contributed by atoms with Crippen LogP contribution in [0, 0.1) is 5.92 Å². The molecule has 1 nitrogen and oxygen atoms in total. The Hall–Kier alpha value is -0.0405. The summed E-state index contributed by atoms with van der Waals surface area (Å²) in [7, 11) is 0. The zero-order valence-electron chi connectivity index (χ0n) is 5.13. The molecule has 0 saturated carbocycles. The predicted octanol–water partition coefficient (Wildman–Crippen LogP) is 0.669. The molecule has 0 radical (unpaired) electrons. The van der Waals surface area contributed by atoms with Gasteiger partial charge in [-0.25, -0.2) is 0 Å². The molecule has 1 aliphatic carbocycles. The summed E-state index contributed by atoms with van der Waals surface area (Å²) in [5.74, 6) is 0.856. The van der Waals surface area contributed by atoms with Crippen LogP contribution in [0.5, 0.6) is 0 Å². The Kier molecular flexibility index (Phi) is 1.46. The van der Waals surface area contributed by atoms with Gasteiger partial charge in [0.15, 0.2) is 0 Å². The Morgan fingerprint density at radius 3 is 3.56 bits per heavy atom. The molecule has 0 spiro atoms. The van der Waals surface area contributed by atoms with E-state index in [0.717, 1.165) is 5.92 Å². The second kappa shape index (κ2) is 2.30. The Morgan fingerprint density at radius 1 is 1.67 bits per heavy atom. The number of hydrogen-bond donors (Lipinski definition) is 1. The van der Waals surface area contributed by atoms with Gasteiger partial charge in [0.25, 0.3) is 0 Å². The van der Waals surface area contributed by atoms with E-state index in [-0.39, 0.29) is 0 Å². The van der Waals surface area contributed by atoms with Crippen molar-refractivity contribution in [2.75, 3.05) is 6.54 Å². The summed E-state index contributed by atoms with van der Waals surface area (Å²) in [6, 6.07) is 0.